The molecule has 1 atom stereocenters. The molecule has 0 fully saturated rings. The second-order valence-corrected chi connectivity index (χ2v) is 7.38. The Hall–Kier alpha value is -2.94. The zero-order chi connectivity index (χ0) is 20.8. The maximum Gasteiger partial charge on any atom is 0.420 e. The number of esters is 1. The lowest BCUT2D eigenvalue weighted by atomic mass is 9.80. The van der Waals surface area contributed by atoms with Gasteiger partial charge in [-0.05, 0) is 24.6 Å². The number of carbonyl (C=O) groups is 2. The number of alkyl halides is 3. The number of urea groups is 1. The molecule has 0 saturated heterocycles. The smallest absolute Gasteiger partial charge is 0.420 e. The van der Waals surface area contributed by atoms with Crippen LogP contribution in [-0.2, 0) is 15.1 Å². The number of anilines is 1. The minimum absolute atomic E-state index is 0.102. The van der Waals surface area contributed by atoms with E-state index in [9.17, 15) is 22.8 Å². The van der Waals surface area contributed by atoms with E-state index in [0.717, 1.165) is 16.7 Å². The molecule has 5 nitrogen and oxygen atoms in total. The topological polar surface area (TPSA) is 58.6 Å². The van der Waals surface area contributed by atoms with Gasteiger partial charge >= 0.3 is 18.2 Å². The van der Waals surface area contributed by atoms with Gasteiger partial charge < -0.3 is 10.1 Å². The quantitative estimate of drug-likeness (QED) is 0.740. The Morgan fingerprint density at radius 3 is 2.45 bits per heavy atom. The van der Waals surface area contributed by atoms with Crippen molar-refractivity contribution in [3.63, 3.8) is 0 Å². The van der Waals surface area contributed by atoms with E-state index in [1.54, 1.807) is 30.3 Å². The predicted molar refractivity (Wildman–Crippen MR) is 101 cm³/mol. The number of nitrogens with zero attached hydrogens (tertiary/aromatic N) is 1. The number of hydrogen-bond acceptors (Lipinski definition) is 4. The van der Waals surface area contributed by atoms with E-state index in [4.69, 9.17) is 4.74 Å². The van der Waals surface area contributed by atoms with Crippen LogP contribution in [0.5, 0.6) is 0 Å². The van der Waals surface area contributed by atoms with Gasteiger partial charge in [-0.15, -0.1) is 0 Å². The maximum atomic E-state index is 14.6. The van der Waals surface area contributed by atoms with Crippen molar-refractivity contribution in [2.75, 3.05) is 11.5 Å². The van der Waals surface area contributed by atoms with Crippen LogP contribution in [0.25, 0.3) is 0 Å². The summed E-state index contributed by atoms with van der Waals surface area (Å²) in [5.41, 5.74) is -3.54. The lowest BCUT2D eigenvalue weighted by molar-refractivity contribution is -0.190. The van der Waals surface area contributed by atoms with Gasteiger partial charge in [0.2, 0.25) is 0 Å². The molecule has 2 aromatic rings. The van der Waals surface area contributed by atoms with Crippen molar-refractivity contribution in [2.45, 2.75) is 23.5 Å². The number of fused-ring (bicyclic) bond motifs is 3. The Morgan fingerprint density at radius 1 is 1.14 bits per heavy atom. The van der Waals surface area contributed by atoms with Crippen molar-refractivity contribution in [1.82, 2.24) is 5.32 Å². The summed E-state index contributed by atoms with van der Waals surface area (Å²) in [5, 5.41) is 1.98. The number of nitrogens with one attached hydrogen (secondary N) is 1. The molecule has 9 heteroatoms. The molecule has 2 aromatic carbocycles. The lowest BCUT2D eigenvalue weighted by Crippen LogP contribution is -2.64. The molecule has 29 heavy (non-hydrogen) atoms. The summed E-state index contributed by atoms with van der Waals surface area (Å²) in [6.07, 6.45) is -5.00. The summed E-state index contributed by atoms with van der Waals surface area (Å²) < 4.78 is 48.8. The first kappa shape index (κ1) is 19.4. The Balaban J connectivity index is 2.06. The molecule has 0 aliphatic carbocycles. The number of rotatable bonds is 3. The number of halogens is 3. The number of benzene rings is 2. The Kier molecular flexibility index (Phi) is 4.57. The lowest BCUT2D eigenvalue weighted by Gasteiger charge is -2.43. The maximum absolute atomic E-state index is 14.6. The normalized spacial score (nSPS) is 20.8. The fourth-order valence-electron chi connectivity index (χ4n) is 3.52. The van der Waals surface area contributed by atoms with Crippen LogP contribution in [0.2, 0.25) is 0 Å². The van der Waals surface area contributed by atoms with Crippen LogP contribution in [0.15, 0.2) is 70.1 Å². The van der Waals surface area contributed by atoms with E-state index >= 15 is 0 Å². The molecule has 0 saturated carbocycles. The molecule has 2 aliphatic heterocycles. The first-order valence-corrected chi connectivity index (χ1v) is 9.56. The number of amides is 2. The standard InChI is InChI=1S/C20H15F3N2O3S/c1-2-28-17(26)15-16-25(13-10-6-7-11-14(13)29-16)18(27)24-19(15,20(21,22)23)12-8-4-3-5-9-12/h3-11H,2H2,1H3,(H,24,27)/t19-/m1/s1. The predicted octanol–water partition coefficient (Wildman–Crippen LogP) is 4.55. The second-order valence-electron chi connectivity index (χ2n) is 6.35. The van der Waals surface area contributed by atoms with Gasteiger partial charge in [0.05, 0.1) is 12.3 Å². The highest BCUT2D eigenvalue weighted by atomic mass is 32.2. The molecule has 0 unspecified atom stereocenters. The molecule has 4 rings (SSSR count). The number of thioether (sulfide) groups is 1. The molecule has 2 amide bonds. The number of hydrogen-bond donors (Lipinski definition) is 1. The van der Waals surface area contributed by atoms with E-state index in [1.807, 2.05) is 0 Å². The summed E-state index contributed by atoms with van der Waals surface area (Å²) in [6, 6.07) is 12.6. The summed E-state index contributed by atoms with van der Waals surface area (Å²) >= 11 is 0.943. The third-order valence-corrected chi connectivity index (χ3v) is 5.86. The fourth-order valence-corrected chi connectivity index (χ4v) is 4.75. The van der Waals surface area contributed by atoms with Gasteiger partial charge in [0.1, 0.15) is 10.6 Å². The van der Waals surface area contributed by atoms with Crippen molar-refractivity contribution in [1.29, 1.82) is 0 Å². The number of carbonyl (C=O) groups excluding carboxylic acids is 2. The van der Waals surface area contributed by atoms with Crippen LogP contribution in [0.1, 0.15) is 12.5 Å². The monoisotopic (exact) mass is 420 g/mol. The molecular formula is C20H15F3N2O3S. The molecule has 150 valence electrons. The third kappa shape index (κ3) is 2.79. The molecule has 2 heterocycles. The van der Waals surface area contributed by atoms with E-state index in [0.29, 0.717) is 10.6 Å². The van der Waals surface area contributed by atoms with Gasteiger partial charge in [0.25, 0.3) is 0 Å². The highest BCUT2D eigenvalue weighted by molar-refractivity contribution is 8.03. The zero-order valence-corrected chi connectivity index (χ0v) is 15.9. The first-order chi connectivity index (χ1) is 13.8. The minimum atomic E-state index is -5.00. The third-order valence-electron chi connectivity index (χ3n) is 4.71. The summed E-state index contributed by atoms with van der Waals surface area (Å²) in [7, 11) is 0. The molecule has 0 aromatic heterocycles. The highest BCUT2D eigenvalue weighted by Crippen LogP contribution is 2.56. The summed E-state index contributed by atoms with van der Waals surface area (Å²) in [4.78, 5) is 27.4. The molecular weight excluding hydrogens is 405 g/mol. The molecule has 1 N–H and O–H groups in total. The molecule has 0 spiro atoms. The van der Waals surface area contributed by atoms with Crippen molar-refractivity contribution in [2.24, 2.45) is 0 Å². The first-order valence-electron chi connectivity index (χ1n) is 8.74. The number of ether oxygens (including phenoxy) is 1. The summed E-state index contributed by atoms with van der Waals surface area (Å²) in [5.74, 6) is -1.13. The zero-order valence-electron chi connectivity index (χ0n) is 15.1. The van der Waals surface area contributed by atoms with Gasteiger partial charge in [-0.3, -0.25) is 4.90 Å². The average Bonchev–Trinajstić information content (AvgIpc) is 3.07. The molecule has 0 bridgehead atoms. The summed E-state index contributed by atoms with van der Waals surface area (Å²) in [6.45, 7) is 1.40. The Bertz CT molecular complexity index is 1020. The Labute approximate surface area is 168 Å². The molecule has 0 radical (unpaired) electrons. The van der Waals surface area contributed by atoms with Gasteiger partial charge in [0, 0.05) is 4.90 Å². The van der Waals surface area contributed by atoms with Gasteiger partial charge in [-0.2, -0.15) is 13.2 Å². The van der Waals surface area contributed by atoms with Crippen LogP contribution in [-0.4, -0.2) is 24.8 Å². The minimum Gasteiger partial charge on any atom is -0.462 e. The van der Waals surface area contributed by atoms with E-state index < -0.39 is 29.3 Å². The van der Waals surface area contributed by atoms with Gasteiger partial charge in [-0.25, -0.2) is 9.59 Å². The van der Waals surface area contributed by atoms with Crippen LogP contribution >= 0.6 is 11.8 Å². The van der Waals surface area contributed by atoms with Gasteiger partial charge in [0.15, 0.2) is 5.54 Å². The fraction of sp³-hybridized carbons (Fsp3) is 0.200. The molecule has 2 aliphatic rings. The van der Waals surface area contributed by atoms with Gasteiger partial charge in [-0.1, -0.05) is 54.2 Å². The largest absolute Gasteiger partial charge is 0.462 e. The van der Waals surface area contributed by atoms with E-state index in [-0.39, 0.29) is 17.2 Å². The van der Waals surface area contributed by atoms with Crippen LogP contribution in [0.4, 0.5) is 23.7 Å². The SMILES string of the molecule is CCOC(=O)C1=C2Sc3ccccc3N2C(=O)N[C@@]1(c1ccccc1)C(F)(F)F. The Morgan fingerprint density at radius 2 is 1.79 bits per heavy atom. The van der Waals surface area contributed by atoms with Crippen molar-refractivity contribution in [3.05, 3.63) is 70.8 Å². The van der Waals surface area contributed by atoms with Crippen LogP contribution in [0, 0.1) is 0 Å². The highest BCUT2D eigenvalue weighted by Gasteiger charge is 2.66. The average molecular weight is 420 g/mol. The van der Waals surface area contributed by atoms with Crippen LogP contribution in [0.3, 0.4) is 0 Å². The van der Waals surface area contributed by atoms with Crippen molar-refractivity contribution in [3.8, 4) is 0 Å². The second kappa shape index (κ2) is 6.84. The van der Waals surface area contributed by atoms with E-state index in [1.165, 1.54) is 31.2 Å². The van der Waals surface area contributed by atoms with Crippen LogP contribution < -0.4 is 10.2 Å². The van der Waals surface area contributed by atoms with Crippen molar-refractivity contribution < 1.29 is 27.5 Å². The van der Waals surface area contributed by atoms with E-state index in [2.05, 4.69) is 5.32 Å². The van der Waals surface area contributed by atoms with Crippen molar-refractivity contribution >= 4 is 29.4 Å². The number of para-hydroxylation sites is 1.